The van der Waals surface area contributed by atoms with E-state index in [0.29, 0.717) is 39.9 Å². The fraction of sp³-hybridized carbons (Fsp3) is 0.280. The fourth-order valence-electron chi connectivity index (χ4n) is 4.31. The highest BCUT2D eigenvalue weighted by molar-refractivity contribution is 6.40. The van der Waals surface area contributed by atoms with Gasteiger partial charge in [-0.15, -0.1) is 5.10 Å². The zero-order valence-electron chi connectivity index (χ0n) is 21.7. The number of hydrogen-bond donors (Lipinski definition) is 2. The molecule has 0 aliphatic carbocycles. The summed E-state index contributed by atoms with van der Waals surface area (Å²) in [7, 11) is 1.54. The van der Waals surface area contributed by atoms with Crippen LogP contribution in [0.25, 0.3) is 5.82 Å². The van der Waals surface area contributed by atoms with Crippen LogP contribution in [0.1, 0.15) is 40.2 Å². The first-order chi connectivity index (χ1) is 19.8. The van der Waals surface area contributed by atoms with Gasteiger partial charge in [0.25, 0.3) is 5.91 Å². The quantitative estimate of drug-likeness (QED) is 0.195. The number of nitrogens with one attached hydrogen (secondary N) is 1. The second-order valence-electron chi connectivity index (χ2n) is 9.01. The predicted molar refractivity (Wildman–Crippen MR) is 152 cm³/mol. The Bertz CT molecular complexity index is 1560. The number of amides is 1. The van der Waals surface area contributed by atoms with Crippen LogP contribution in [-0.4, -0.2) is 62.5 Å². The predicted octanol–water partition coefficient (Wildman–Crippen LogP) is 4.14. The lowest BCUT2D eigenvalue weighted by Crippen LogP contribution is -2.26. The van der Waals surface area contributed by atoms with Gasteiger partial charge in [-0.3, -0.25) is 9.69 Å². The van der Waals surface area contributed by atoms with Crippen molar-refractivity contribution in [3.8, 4) is 17.3 Å². The number of carbonyl (C=O) groups is 1. The molecule has 1 aliphatic rings. The summed E-state index contributed by atoms with van der Waals surface area (Å²) in [5.74, 6) is 0.331. The molecule has 1 amide bonds. The molecule has 2 aromatic heterocycles. The molecule has 4 aromatic rings. The molecule has 1 aliphatic heterocycles. The van der Waals surface area contributed by atoms with Gasteiger partial charge in [0.1, 0.15) is 18.1 Å². The summed E-state index contributed by atoms with van der Waals surface area (Å²) < 4.78 is 17.2. The Kier molecular flexibility index (Phi) is 8.88. The van der Waals surface area contributed by atoms with E-state index in [-0.39, 0.29) is 34.0 Å². The molecular formula is C25H24Cl3N9O4. The van der Waals surface area contributed by atoms with E-state index in [1.165, 1.54) is 10.9 Å². The lowest BCUT2D eigenvalue weighted by atomic mass is 10.1. The molecule has 3 N–H and O–H groups in total. The molecule has 0 radical (unpaired) electrons. The third-order valence-electron chi connectivity index (χ3n) is 6.24. The number of benzene rings is 2. The molecule has 2 aromatic carbocycles. The molecule has 0 spiro atoms. The molecule has 0 unspecified atom stereocenters. The van der Waals surface area contributed by atoms with Gasteiger partial charge in [-0.25, -0.2) is 10.1 Å². The van der Waals surface area contributed by atoms with Crippen LogP contribution in [0.2, 0.25) is 15.1 Å². The van der Waals surface area contributed by atoms with E-state index in [9.17, 15) is 4.79 Å². The number of likely N-dealkylation sites (tertiary alicyclic amines) is 1. The summed E-state index contributed by atoms with van der Waals surface area (Å²) in [5, 5.41) is 20.7. The van der Waals surface area contributed by atoms with Crippen LogP contribution in [0.15, 0.2) is 40.1 Å². The van der Waals surface area contributed by atoms with Crippen LogP contribution in [0, 0.1) is 0 Å². The number of nitrogens with zero attached hydrogens (tertiary/aromatic N) is 7. The average molecular weight is 621 g/mol. The van der Waals surface area contributed by atoms with Gasteiger partial charge in [0.05, 0.1) is 23.4 Å². The number of carbonyl (C=O) groups excluding carboxylic acids is 1. The highest BCUT2D eigenvalue weighted by Crippen LogP contribution is 2.36. The largest absolute Gasteiger partial charge is 0.496 e. The number of nitrogen functional groups attached to an aromatic ring is 1. The first-order valence-electron chi connectivity index (χ1n) is 12.4. The van der Waals surface area contributed by atoms with E-state index in [2.05, 4.69) is 40.7 Å². The highest BCUT2D eigenvalue weighted by Gasteiger charge is 2.27. The molecule has 0 saturated carbocycles. The van der Waals surface area contributed by atoms with Crippen LogP contribution in [0.5, 0.6) is 11.5 Å². The van der Waals surface area contributed by atoms with Crippen LogP contribution in [0.4, 0.5) is 5.82 Å². The van der Waals surface area contributed by atoms with Crippen molar-refractivity contribution >= 4 is 52.7 Å². The first-order valence-corrected chi connectivity index (χ1v) is 13.5. The van der Waals surface area contributed by atoms with Crippen molar-refractivity contribution in [2.75, 3.05) is 25.9 Å². The minimum Gasteiger partial charge on any atom is -0.496 e. The topological polar surface area (TPSA) is 159 Å². The van der Waals surface area contributed by atoms with Gasteiger partial charge in [-0.1, -0.05) is 40.0 Å². The van der Waals surface area contributed by atoms with Gasteiger partial charge in [0.15, 0.2) is 11.4 Å². The second-order valence-corrected chi connectivity index (χ2v) is 10.3. The SMILES string of the molecule is COc1ccc(/C=N\NC(=O)c2c(CN3CCCC3)nnn2-c2nonc2N)cc1COc1c(Cl)cc(Cl)cc1Cl. The molecule has 1 fully saturated rings. The Morgan fingerprint density at radius 1 is 1.17 bits per heavy atom. The van der Waals surface area contributed by atoms with Gasteiger partial charge in [0.2, 0.25) is 11.6 Å². The van der Waals surface area contributed by atoms with Crippen LogP contribution >= 0.6 is 34.8 Å². The maximum atomic E-state index is 13.3. The standard InChI is InChI=1S/C25H24Cl3N9O4/c1-39-20-5-4-14(8-15(20)13-40-22-17(27)9-16(26)10-18(22)28)11-30-32-25(38)21-19(12-36-6-2-3-7-36)31-35-37(21)24-23(29)33-41-34-24/h4-5,8-11H,2-3,6-7,12-13H2,1H3,(H2,29,33)(H,32,38)/b30-11-. The number of anilines is 1. The molecule has 214 valence electrons. The van der Waals surface area contributed by atoms with Crippen molar-refractivity contribution in [3.63, 3.8) is 0 Å². The van der Waals surface area contributed by atoms with Crippen LogP contribution < -0.4 is 20.6 Å². The van der Waals surface area contributed by atoms with Crippen molar-refractivity contribution in [1.29, 1.82) is 0 Å². The maximum Gasteiger partial charge on any atom is 0.292 e. The maximum absolute atomic E-state index is 13.3. The molecule has 1 saturated heterocycles. The summed E-state index contributed by atoms with van der Waals surface area (Å²) in [6, 6.07) is 8.39. The molecular weight excluding hydrogens is 597 g/mol. The molecule has 16 heteroatoms. The number of hydrazone groups is 1. The summed E-state index contributed by atoms with van der Waals surface area (Å²) in [4.78, 5) is 15.5. The zero-order chi connectivity index (χ0) is 28.9. The van der Waals surface area contributed by atoms with Gasteiger partial charge < -0.3 is 15.2 Å². The van der Waals surface area contributed by atoms with Gasteiger partial charge in [-0.05, 0) is 72.1 Å². The van der Waals surface area contributed by atoms with E-state index in [1.54, 1.807) is 37.4 Å². The summed E-state index contributed by atoms with van der Waals surface area (Å²) >= 11 is 18.5. The Balaban J connectivity index is 1.33. The van der Waals surface area contributed by atoms with Crippen molar-refractivity contribution in [2.45, 2.75) is 26.0 Å². The Hall–Kier alpha value is -3.91. The number of hydrogen-bond acceptors (Lipinski definition) is 11. The van der Waals surface area contributed by atoms with Gasteiger partial charge in [-0.2, -0.15) is 9.78 Å². The van der Waals surface area contributed by atoms with E-state index < -0.39 is 5.91 Å². The third-order valence-corrected chi connectivity index (χ3v) is 7.02. The van der Waals surface area contributed by atoms with Crippen molar-refractivity contribution < 1.29 is 18.9 Å². The molecule has 13 nitrogen and oxygen atoms in total. The van der Waals surface area contributed by atoms with Crippen molar-refractivity contribution in [2.24, 2.45) is 5.10 Å². The molecule has 0 atom stereocenters. The van der Waals surface area contributed by atoms with Crippen molar-refractivity contribution in [1.82, 2.24) is 35.6 Å². The lowest BCUT2D eigenvalue weighted by Gasteiger charge is -2.13. The van der Waals surface area contributed by atoms with Crippen LogP contribution in [-0.2, 0) is 13.2 Å². The highest BCUT2D eigenvalue weighted by atomic mass is 35.5. The van der Waals surface area contributed by atoms with Crippen LogP contribution in [0.3, 0.4) is 0 Å². The molecule has 41 heavy (non-hydrogen) atoms. The second kappa shape index (κ2) is 12.7. The van der Waals surface area contributed by atoms with Gasteiger partial charge >= 0.3 is 0 Å². The number of halogens is 3. The van der Waals surface area contributed by atoms with Crippen molar-refractivity contribution in [3.05, 3.63) is 67.9 Å². The number of rotatable bonds is 10. The summed E-state index contributed by atoms with van der Waals surface area (Å²) in [6.07, 6.45) is 3.63. The average Bonchev–Trinajstić information content (AvgIpc) is 3.70. The lowest BCUT2D eigenvalue weighted by molar-refractivity contribution is 0.0945. The van der Waals surface area contributed by atoms with E-state index in [0.717, 1.165) is 25.9 Å². The fourth-order valence-corrected chi connectivity index (χ4v) is 5.24. The minimum atomic E-state index is -0.563. The number of ether oxygens (including phenoxy) is 2. The number of nitrogens with two attached hydrogens (primary N) is 1. The van der Waals surface area contributed by atoms with E-state index >= 15 is 0 Å². The zero-order valence-corrected chi connectivity index (χ0v) is 23.9. The normalized spacial score (nSPS) is 13.7. The van der Waals surface area contributed by atoms with Gasteiger partial charge in [0, 0.05) is 17.1 Å². The van der Waals surface area contributed by atoms with E-state index in [1.807, 2.05) is 0 Å². The Labute approximate surface area is 249 Å². The Morgan fingerprint density at radius 3 is 2.61 bits per heavy atom. The monoisotopic (exact) mass is 619 g/mol. The number of aromatic nitrogens is 5. The molecule has 5 rings (SSSR count). The number of methoxy groups -OCH3 is 1. The molecule has 0 bridgehead atoms. The smallest absolute Gasteiger partial charge is 0.292 e. The Morgan fingerprint density at radius 2 is 1.93 bits per heavy atom. The third kappa shape index (κ3) is 6.54. The summed E-state index contributed by atoms with van der Waals surface area (Å²) in [5.41, 5.74) is 10.3. The molecule has 3 heterocycles. The van der Waals surface area contributed by atoms with E-state index in [4.69, 9.17) is 50.0 Å². The minimum absolute atomic E-state index is 0.0330. The summed E-state index contributed by atoms with van der Waals surface area (Å²) in [6.45, 7) is 2.33. The first kappa shape index (κ1) is 28.6.